The lowest BCUT2D eigenvalue weighted by atomic mass is 9.97. The van der Waals surface area contributed by atoms with Crippen molar-refractivity contribution in [3.8, 4) is 28.5 Å². The number of pyridine rings is 1. The van der Waals surface area contributed by atoms with Crippen molar-refractivity contribution in [3.05, 3.63) is 84.3 Å². The zero-order valence-corrected chi connectivity index (χ0v) is 18.6. The third-order valence-electron chi connectivity index (χ3n) is 6.08. The normalized spacial score (nSPS) is 14.2. The zero-order chi connectivity index (χ0) is 22.6. The highest BCUT2D eigenvalue weighted by Crippen LogP contribution is 2.31. The van der Waals surface area contributed by atoms with E-state index in [1.54, 1.807) is 12.5 Å². The number of hydrogen-bond acceptors (Lipinski definition) is 6. The molecule has 0 atom stereocenters. The van der Waals surface area contributed by atoms with Gasteiger partial charge in [0.1, 0.15) is 12.4 Å². The van der Waals surface area contributed by atoms with Gasteiger partial charge in [-0.15, -0.1) is 10.2 Å². The van der Waals surface area contributed by atoms with Crippen molar-refractivity contribution in [2.24, 2.45) is 7.05 Å². The van der Waals surface area contributed by atoms with Gasteiger partial charge in [0.2, 0.25) is 5.95 Å². The highest BCUT2D eigenvalue weighted by Gasteiger charge is 2.20. The Morgan fingerprint density at radius 3 is 2.36 bits per heavy atom. The third kappa shape index (κ3) is 4.47. The predicted molar refractivity (Wildman–Crippen MR) is 128 cm³/mol. The molecular weight excluding hydrogens is 410 g/mol. The zero-order valence-electron chi connectivity index (χ0n) is 18.6. The van der Waals surface area contributed by atoms with Crippen molar-refractivity contribution in [1.82, 2.24) is 24.6 Å². The summed E-state index contributed by atoms with van der Waals surface area (Å²) in [4.78, 5) is 9.39. The van der Waals surface area contributed by atoms with Crippen molar-refractivity contribution < 1.29 is 0 Å². The second kappa shape index (κ2) is 9.23. The third-order valence-corrected chi connectivity index (χ3v) is 6.08. The molecule has 0 radical (unpaired) electrons. The molecule has 7 nitrogen and oxygen atoms in total. The van der Waals surface area contributed by atoms with Crippen LogP contribution in [0.2, 0.25) is 0 Å². The Balaban J connectivity index is 1.30. The maximum absolute atomic E-state index is 9.34. The quantitative estimate of drug-likeness (QED) is 0.476. The summed E-state index contributed by atoms with van der Waals surface area (Å²) in [7, 11) is 1.98. The summed E-state index contributed by atoms with van der Waals surface area (Å²) in [5.41, 5.74) is 5.82. The predicted octanol–water partition coefficient (Wildman–Crippen LogP) is 3.74. The molecular formula is C26H25N7. The van der Waals surface area contributed by atoms with E-state index in [4.69, 9.17) is 0 Å². The lowest BCUT2D eigenvalue weighted by molar-refractivity contribution is 0.248. The Hall–Kier alpha value is -4.02. The van der Waals surface area contributed by atoms with E-state index in [2.05, 4.69) is 67.4 Å². The van der Waals surface area contributed by atoms with E-state index in [1.165, 1.54) is 5.56 Å². The van der Waals surface area contributed by atoms with E-state index in [0.717, 1.165) is 61.1 Å². The van der Waals surface area contributed by atoms with Crippen LogP contribution in [0.3, 0.4) is 0 Å². The SMILES string of the molecule is Cn1cnnc1N1CCN(Cc2ccc(-c3ncc(C#N)cc3-c3ccccc3)cc2)CC1. The first-order valence-corrected chi connectivity index (χ1v) is 11.1. The van der Waals surface area contributed by atoms with Gasteiger partial charge in [0, 0.05) is 57.1 Å². The van der Waals surface area contributed by atoms with E-state index >= 15 is 0 Å². The average Bonchev–Trinajstić information content (AvgIpc) is 3.31. The van der Waals surface area contributed by atoms with Gasteiger partial charge in [-0.05, 0) is 17.2 Å². The standard InChI is InChI=1S/C26H25N7/c1-31-19-29-30-26(31)33-13-11-32(12-14-33)18-20-7-9-23(10-8-20)25-24(15-21(16-27)17-28-25)22-5-3-2-4-6-22/h2-10,15,17,19H,11-14,18H2,1H3. The van der Waals surface area contributed by atoms with E-state index in [0.29, 0.717) is 5.56 Å². The molecule has 1 aliphatic heterocycles. The van der Waals surface area contributed by atoms with Gasteiger partial charge >= 0.3 is 0 Å². The molecule has 0 spiro atoms. The Kier molecular flexibility index (Phi) is 5.83. The van der Waals surface area contributed by atoms with Crippen LogP contribution in [0.15, 0.2) is 73.2 Å². The summed E-state index contributed by atoms with van der Waals surface area (Å²) in [5, 5.41) is 17.6. The largest absolute Gasteiger partial charge is 0.338 e. The topological polar surface area (TPSA) is 73.9 Å². The van der Waals surface area contributed by atoms with Crippen LogP contribution < -0.4 is 4.90 Å². The first-order chi connectivity index (χ1) is 16.2. The minimum absolute atomic E-state index is 0.565. The van der Waals surface area contributed by atoms with E-state index in [9.17, 15) is 5.26 Å². The molecule has 0 amide bonds. The Morgan fingerprint density at radius 1 is 0.939 bits per heavy atom. The summed E-state index contributed by atoms with van der Waals surface area (Å²) < 4.78 is 1.97. The number of aryl methyl sites for hydroxylation is 1. The number of nitriles is 1. The second-order valence-electron chi connectivity index (χ2n) is 8.30. The molecule has 164 valence electrons. The molecule has 1 aliphatic rings. The lowest BCUT2D eigenvalue weighted by Crippen LogP contribution is -2.46. The van der Waals surface area contributed by atoms with Crippen molar-refractivity contribution in [2.75, 3.05) is 31.1 Å². The second-order valence-corrected chi connectivity index (χ2v) is 8.30. The molecule has 0 saturated carbocycles. The van der Waals surface area contributed by atoms with Gasteiger partial charge in [-0.1, -0.05) is 54.6 Å². The molecule has 5 rings (SSSR count). The Morgan fingerprint density at radius 2 is 1.70 bits per heavy atom. The van der Waals surface area contributed by atoms with Gasteiger partial charge < -0.3 is 9.47 Å². The summed E-state index contributed by atoms with van der Waals surface area (Å²) in [6, 6.07) is 22.9. The van der Waals surface area contributed by atoms with Crippen molar-refractivity contribution in [1.29, 1.82) is 5.26 Å². The van der Waals surface area contributed by atoms with Crippen LogP contribution in [0.5, 0.6) is 0 Å². The number of aromatic nitrogens is 4. The van der Waals surface area contributed by atoms with E-state index < -0.39 is 0 Å². The molecule has 33 heavy (non-hydrogen) atoms. The number of hydrogen-bond donors (Lipinski definition) is 0. The first kappa shape index (κ1) is 20.9. The minimum Gasteiger partial charge on any atom is -0.338 e. The Labute approximate surface area is 193 Å². The molecule has 1 fully saturated rings. The van der Waals surface area contributed by atoms with Crippen LogP contribution in [0, 0.1) is 11.3 Å². The lowest BCUT2D eigenvalue weighted by Gasteiger charge is -2.34. The molecule has 2 aromatic heterocycles. The Bertz CT molecular complexity index is 1260. The molecule has 0 N–H and O–H groups in total. The molecule has 0 unspecified atom stereocenters. The molecule has 0 aliphatic carbocycles. The van der Waals surface area contributed by atoms with Crippen LogP contribution in [0.1, 0.15) is 11.1 Å². The van der Waals surface area contributed by atoms with Crippen molar-refractivity contribution >= 4 is 5.95 Å². The van der Waals surface area contributed by atoms with Crippen LogP contribution in [0.4, 0.5) is 5.95 Å². The van der Waals surface area contributed by atoms with Gasteiger partial charge in [0.25, 0.3) is 0 Å². The summed E-state index contributed by atoms with van der Waals surface area (Å²) in [5.74, 6) is 0.933. The number of piperazine rings is 1. The van der Waals surface area contributed by atoms with E-state index in [1.807, 2.05) is 35.9 Å². The minimum atomic E-state index is 0.565. The van der Waals surface area contributed by atoms with Crippen molar-refractivity contribution in [3.63, 3.8) is 0 Å². The highest BCUT2D eigenvalue weighted by molar-refractivity contribution is 5.81. The van der Waals surface area contributed by atoms with Crippen molar-refractivity contribution in [2.45, 2.75) is 6.54 Å². The molecule has 4 aromatic rings. The maximum Gasteiger partial charge on any atom is 0.226 e. The van der Waals surface area contributed by atoms with Gasteiger partial charge in [-0.25, -0.2) is 0 Å². The summed E-state index contributed by atoms with van der Waals surface area (Å²) in [6.45, 7) is 4.79. The number of anilines is 1. The molecule has 3 heterocycles. The van der Waals surface area contributed by atoms with Gasteiger partial charge in [-0.3, -0.25) is 9.88 Å². The highest BCUT2D eigenvalue weighted by atomic mass is 15.4. The first-order valence-electron chi connectivity index (χ1n) is 11.1. The molecule has 1 saturated heterocycles. The monoisotopic (exact) mass is 435 g/mol. The van der Waals surface area contributed by atoms with Crippen LogP contribution in [0.25, 0.3) is 22.4 Å². The maximum atomic E-state index is 9.34. The van der Waals surface area contributed by atoms with Gasteiger partial charge in [0.05, 0.1) is 11.3 Å². The number of benzene rings is 2. The van der Waals surface area contributed by atoms with Gasteiger partial charge in [0.15, 0.2) is 0 Å². The van der Waals surface area contributed by atoms with Gasteiger partial charge in [-0.2, -0.15) is 5.26 Å². The molecule has 7 heteroatoms. The summed E-state index contributed by atoms with van der Waals surface area (Å²) in [6.07, 6.45) is 3.39. The fourth-order valence-electron chi connectivity index (χ4n) is 4.29. The van der Waals surface area contributed by atoms with Crippen LogP contribution in [-0.4, -0.2) is 50.8 Å². The molecule has 0 bridgehead atoms. The summed E-state index contributed by atoms with van der Waals surface area (Å²) >= 11 is 0. The smallest absolute Gasteiger partial charge is 0.226 e. The number of nitrogens with zero attached hydrogens (tertiary/aromatic N) is 7. The van der Waals surface area contributed by atoms with E-state index in [-0.39, 0.29) is 0 Å². The molecule has 2 aromatic carbocycles. The number of rotatable bonds is 5. The van der Waals surface area contributed by atoms with Crippen LogP contribution in [-0.2, 0) is 13.6 Å². The fraction of sp³-hybridized carbons (Fsp3) is 0.231. The fourth-order valence-corrected chi connectivity index (χ4v) is 4.29. The van der Waals surface area contributed by atoms with Crippen LogP contribution >= 0.6 is 0 Å². The average molecular weight is 436 g/mol.